The Morgan fingerprint density at radius 2 is 2.45 bits per heavy atom. The zero-order valence-electron chi connectivity index (χ0n) is 6.36. The molecular weight excluding hydrogens is 140 g/mol. The van der Waals surface area contributed by atoms with Gasteiger partial charge in [0.2, 0.25) is 0 Å². The molecule has 2 N–H and O–H groups in total. The third-order valence-electron chi connectivity index (χ3n) is 1.28. The molecule has 1 heterocycles. The van der Waals surface area contributed by atoms with Crippen LogP contribution in [0.25, 0.3) is 6.20 Å². The number of nitrogens with two attached hydrogens (primary N) is 1. The summed E-state index contributed by atoms with van der Waals surface area (Å²) in [6.07, 6.45) is 1.55. The standard InChI is InChI=1S/C7H10N4/c1-3-11-7(9-8)5-4-6(2)10-11/h3-5H,1,8H2,2H3/b9-7-. The Hall–Kier alpha value is -1.58. The van der Waals surface area contributed by atoms with E-state index >= 15 is 0 Å². The third-order valence-corrected chi connectivity index (χ3v) is 1.28. The minimum absolute atomic E-state index is 0.589. The van der Waals surface area contributed by atoms with Crippen LogP contribution in [-0.2, 0) is 0 Å². The van der Waals surface area contributed by atoms with E-state index in [9.17, 15) is 0 Å². The highest BCUT2D eigenvalue weighted by molar-refractivity contribution is 5.14. The number of hydrogen-bond acceptors (Lipinski definition) is 3. The molecular formula is C7H10N4. The van der Waals surface area contributed by atoms with E-state index in [0.29, 0.717) is 5.49 Å². The Balaban J connectivity index is 3.40. The Kier molecular flexibility index (Phi) is 2.06. The van der Waals surface area contributed by atoms with Crippen LogP contribution in [0.15, 0.2) is 23.8 Å². The van der Waals surface area contributed by atoms with Crippen LogP contribution in [0.5, 0.6) is 0 Å². The second-order valence-electron chi connectivity index (χ2n) is 2.09. The minimum atomic E-state index is 0.589. The lowest BCUT2D eigenvalue weighted by molar-refractivity contribution is 0.793. The number of aryl methyl sites for hydroxylation is 1. The summed E-state index contributed by atoms with van der Waals surface area (Å²) in [6, 6.07) is 3.62. The average Bonchev–Trinajstić information content (AvgIpc) is 2.04. The van der Waals surface area contributed by atoms with Crippen LogP contribution in [0.4, 0.5) is 0 Å². The van der Waals surface area contributed by atoms with Crippen molar-refractivity contribution < 1.29 is 0 Å². The molecule has 0 aliphatic carbocycles. The van der Waals surface area contributed by atoms with Gasteiger partial charge in [-0.1, -0.05) is 6.58 Å². The second-order valence-corrected chi connectivity index (χ2v) is 2.09. The predicted molar refractivity (Wildman–Crippen MR) is 43.1 cm³/mol. The molecule has 0 unspecified atom stereocenters. The highest BCUT2D eigenvalue weighted by atomic mass is 15.3. The Bertz CT molecular complexity index is 323. The van der Waals surface area contributed by atoms with Crippen molar-refractivity contribution >= 4 is 6.20 Å². The molecule has 0 aromatic carbocycles. The molecule has 0 atom stereocenters. The largest absolute Gasteiger partial charge is 0.321 e. The first-order valence-corrected chi connectivity index (χ1v) is 3.21. The SMILES string of the molecule is C=Cn1nc(C)cc/c1=N/N. The summed E-state index contributed by atoms with van der Waals surface area (Å²) in [5, 5.41) is 7.60. The molecule has 0 fully saturated rings. The van der Waals surface area contributed by atoms with Crippen molar-refractivity contribution in [3.63, 3.8) is 0 Å². The van der Waals surface area contributed by atoms with E-state index in [1.165, 1.54) is 4.68 Å². The zero-order valence-corrected chi connectivity index (χ0v) is 6.36. The first kappa shape index (κ1) is 7.53. The summed E-state index contributed by atoms with van der Waals surface area (Å²) in [5.41, 5.74) is 1.49. The van der Waals surface area contributed by atoms with Gasteiger partial charge in [0.1, 0.15) is 0 Å². The van der Waals surface area contributed by atoms with Crippen LogP contribution in [0, 0.1) is 6.92 Å². The topological polar surface area (TPSA) is 56.2 Å². The first-order chi connectivity index (χ1) is 5.27. The van der Waals surface area contributed by atoms with Crippen LogP contribution >= 0.6 is 0 Å². The lowest BCUT2D eigenvalue weighted by atomic mass is 10.4. The molecule has 11 heavy (non-hydrogen) atoms. The molecule has 4 nitrogen and oxygen atoms in total. The van der Waals surface area contributed by atoms with Gasteiger partial charge in [0.25, 0.3) is 0 Å². The number of hydrogen-bond donors (Lipinski definition) is 1. The fraction of sp³-hybridized carbons (Fsp3) is 0.143. The van der Waals surface area contributed by atoms with Gasteiger partial charge in [0.05, 0.1) is 5.69 Å². The number of aromatic nitrogens is 2. The van der Waals surface area contributed by atoms with E-state index in [2.05, 4.69) is 16.8 Å². The van der Waals surface area contributed by atoms with Crippen molar-refractivity contribution in [2.45, 2.75) is 6.92 Å². The number of rotatable bonds is 1. The van der Waals surface area contributed by atoms with Crippen LogP contribution in [0.1, 0.15) is 5.69 Å². The van der Waals surface area contributed by atoms with Gasteiger partial charge in [-0.05, 0) is 19.1 Å². The molecule has 4 heteroatoms. The Labute approximate surface area is 64.7 Å². The fourth-order valence-corrected chi connectivity index (χ4v) is 0.763. The van der Waals surface area contributed by atoms with E-state index in [1.54, 1.807) is 12.3 Å². The van der Waals surface area contributed by atoms with Crippen LogP contribution in [0.2, 0.25) is 0 Å². The van der Waals surface area contributed by atoms with Gasteiger partial charge in [-0.25, -0.2) is 4.68 Å². The summed E-state index contributed by atoms with van der Waals surface area (Å²) in [5.74, 6) is 5.09. The Morgan fingerprint density at radius 1 is 1.73 bits per heavy atom. The van der Waals surface area contributed by atoms with Crippen molar-refractivity contribution in [1.29, 1.82) is 0 Å². The van der Waals surface area contributed by atoms with Gasteiger partial charge in [-0.2, -0.15) is 10.2 Å². The molecule has 0 bridgehead atoms. The molecule has 0 amide bonds. The maximum atomic E-state index is 5.09. The predicted octanol–water partition coefficient (Wildman–Crippen LogP) is 0.0664. The second kappa shape index (κ2) is 3.01. The van der Waals surface area contributed by atoms with E-state index in [1.807, 2.05) is 13.0 Å². The summed E-state index contributed by atoms with van der Waals surface area (Å²) < 4.78 is 1.52. The van der Waals surface area contributed by atoms with Crippen molar-refractivity contribution in [2.24, 2.45) is 10.9 Å². The Morgan fingerprint density at radius 3 is 3.00 bits per heavy atom. The van der Waals surface area contributed by atoms with Gasteiger partial charge in [-0.3, -0.25) is 0 Å². The molecule has 58 valence electrons. The molecule has 0 radical (unpaired) electrons. The van der Waals surface area contributed by atoms with E-state index < -0.39 is 0 Å². The smallest absolute Gasteiger partial charge is 0.172 e. The highest BCUT2D eigenvalue weighted by Gasteiger charge is 1.89. The van der Waals surface area contributed by atoms with Crippen LogP contribution in [-0.4, -0.2) is 9.78 Å². The zero-order chi connectivity index (χ0) is 8.27. The van der Waals surface area contributed by atoms with Gasteiger partial charge in [-0.15, -0.1) is 0 Å². The van der Waals surface area contributed by atoms with Crippen LogP contribution < -0.4 is 11.3 Å². The lowest BCUT2D eigenvalue weighted by Crippen LogP contribution is -2.20. The van der Waals surface area contributed by atoms with Crippen molar-refractivity contribution in [3.05, 3.63) is 29.9 Å². The third kappa shape index (κ3) is 1.46. The van der Waals surface area contributed by atoms with E-state index in [4.69, 9.17) is 5.84 Å². The van der Waals surface area contributed by atoms with Crippen molar-refractivity contribution in [1.82, 2.24) is 9.78 Å². The normalized spacial score (nSPS) is 11.5. The van der Waals surface area contributed by atoms with Crippen LogP contribution in [0.3, 0.4) is 0 Å². The highest BCUT2D eigenvalue weighted by Crippen LogP contribution is 1.84. The summed E-state index contributed by atoms with van der Waals surface area (Å²) >= 11 is 0. The van der Waals surface area contributed by atoms with Crippen molar-refractivity contribution in [2.75, 3.05) is 0 Å². The minimum Gasteiger partial charge on any atom is -0.321 e. The maximum Gasteiger partial charge on any atom is 0.172 e. The summed E-state index contributed by atoms with van der Waals surface area (Å²) in [6.45, 7) is 5.45. The molecule has 0 aliphatic heterocycles. The van der Waals surface area contributed by atoms with Gasteiger partial charge in [0, 0.05) is 6.20 Å². The number of nitrogens with zero attached hydrogens (tertiary/aromatic N) is 3. The van der Waals surface area contributed by atoms with E-state index in [-0.39, 0.29) is 0 Å². The molecule has 0 aliphatic rings. The van der Waals surface area contributed by atoms with Gasteiger partial charge in [0.15, 0.2) is 5.49 Å². The quantitative estimate of drug-likeness (QED) is 0.455. The van der Waals surface area contributed by atoms with Gasteiger partial charge >= 0.3 is 0 Å². The van der Waals surface area contributed by atoms with Crippen molar-refractivity contribution in [3.8, 4) is 0 Å². The monoisotopic (exact) mass is 150 g/mol. The molecule has 1 aromatic heterocycles. The summed E-state index contributed by atoms with van der Waals surface area (Å²) in [4.78, 5) is 0. The fourth-order valence-electron chi connectivity index (χ4n) is 0.763. The maximum absolute atomic E-state index is 5.09. The van der Waals surface area contributed by atoms with E-state index in [0.717, 1.165) is 5.69 Å². The van der Waals surface area contributed by atoms with Gasteiger partial charge < -0.3 is 5.84 Å². The molecule has 0 saturated heterocycles. The molecule has 1 rings (SSSR count). The summed E-state index contributed by atoms with van der Waals surface area (Å²) in [7, 11) is 0. The lowest BCUT2D eigenvalue weighted by Gasteiger charge is -1.98. The first-order valence-electron chi connectivity index (χ1n) is 3.21. The molecule has 1 aromatic rings. The molecule has 0 saturated carbocycles. The average molecular weight is 150 g/mol. The molecule has 0 spiro atoms.